The lowest BCUT2D eigenvalue weighted by Gasteiger charge is -2.26. The van der Waals surface area contributed by atoms with Gasteiger partial charge in [-0.3, -0.25) is 19.1 Å². The number of hydrogen-bond acceptors (Lipinski definition) is 6. The highest BCUT2D eigenvalue weighted by molar-refractivity contribution is 5.96. The molecule has 3 heterocycles. The molecule has 38 heavy (non-hydrogen) atoms. The molecule has 1 aliphatic rings. The summed E-state index contributed by atoms with van der Waals surface area (Å²) in [5, 5.41) is 11.5. The van der Waals surface area contributed by atoms with Gasteiger partial charge in [0.2, 0.25) is 5.88 Å². The van der Waals surface area contributed by atoms with E-state index in [9.17, 15) is 23.5 Å². The van der Waals surface area contributed by atoms with Gasteiger partial charge in [0.05, 0.1) is 25.0 Å². The number of benzene rings is 1. The van der Waals surface area contributed by atoms with Gasteiger partial charge in [-0.25, -0.2) is 8.78 Å². The molecule has 2 aromatic heterocycles. The number of rotatable bonds is 9. The van der Waals surface area contributed by atoms with Crippen LogP contribution in [0.3, 0.4) is 0 Å². The summed E-state index contributed by atoms with van der Waals surface area (Å²) in [6.45, 7) is 4.27. The molecule has 4 rings (SSSR count). The van der Waals surface area contributed by atoms with Crippen LogP contribution in [-0.4, -0.2) is 50.6 Å². The van der Waals surface area contributed by atoms with Crippen molar-refractivity contribution in [2.45, 2.75) is 57.9 Å². The smallest absolute Gasteiger partial charge is 0.289 e. The summed E-state index contributed by atoms with van der Waals surface area (Å²) in [6.07, 6.45) is 3.94. The first-order valence-corrected chi connectivity index (χ1v) is 12.9. The summed E-state index contributed by atoms with van der Waals surface area (Å²) in [5.74, 6) is -2.09. The summed E-state index contributed by atoms with van der Waals surface area (Å²) in [4.78, 5) is 36.2. The van der Waals surface area contributed by atoms with Crippen molar-refractivity contribution in [1.82, 2.24) is 19.4 Å². The average Bonchev–Trinajstić information content (AvgIpc) is 3.39. The van der Waals surface area contributed by atoms with Crippen molar-refractivity contribution < 1.29 is 23.4 Å². The minimum Gasteiger partial charge on any atom is -0.497 e. The summed E-state index contributed by atoms with van der Waals surface area (Å²) in [6, 6.07) is 7.77. The molecule has 0 bridgehead atoms. The fourth-order valence-corrected chi connectivity index (χ4v) is 5.06. The van der Waals surface area contributed by atoms with Gasteiger partial charge in [-0.05, 0) is 37.0 Å². The van der Waals surface area contributed by atoms with Gasteiger partial charge in [0.25, 0.3) is 11.5 Å². The first-order valence-electron chi connectivity index (χ1n) is 12.9. The van der Waals surface area contributed by atoms with Crippen LogP contribution in [0.25, 0.3) is 0 Å². The predicted molar refractivity (Wildman–Crippen MR) is 138 cm³/mol. The van der Waals surface area contributed by atoms with Gasteiger partial charge in [0.15, 0.2) is 5.56 Å². The molecule has 0 aliphatic carbocycles. The van der Waals surface area contributed by atoms with Crippen molar-refractivity contribution in [2.75, 3.05) is 20.2 Å². The maximum atomic E-state index is 14.3. The lowest BCUT2D eigenvalue weighted by Crippen LogP contribution is -2.35. The van der Waals surface area contributed by atoms with Gasteiger partial charge in [0, 0.05) is 31.5 Å². The maximum Gasteiger partial charge on any atom is 0.289 e. The highest BCUT2D eigenvalue weighted by atomic mass is 19.1. The highest BCUT2D eigenvalue weighted by Crippen LogP contribution is 2.33. The summed E-state index contributed by atoms with van der Waals surface area (Å²) < 4.78 is 34.6. The zero-order chi connectivity index (χ0) is 27.4. The first-order chi connectivity index (χ1) is 18.3. The number of hydrogen-bond donors (Lipinski definition) is 1. The van der Waals surface area contributed by atoms with Gasteiger partial charge >= 0.3 is 0 Å². The molecule has 1 fully saturated rings. The quantitative estimate of drug-likeness (QED) is 0.438. The number of aryl methyl sites for hydroxylation is 1. The molecule has 1 N–H and O–H groups in total. The third kappa shape index (κ3) is 5.39. The molecule has 0 radical (unpaired) electrons. The van der Waals surface area contributed by atoms with Crippen LogP contribution < -0.4 is 10.3 Å². The summed E-state index contributed by atoms with van der Waals surface area (Å²) in [5.41, 5.74) is -0.312. The van der Waals surface area contributed by atoms with E-state index in [0.717, 1.165) is 30.7 Å². The van der Waals surface area contributed by atoms with E-state index < -0.39 is 46.5 Å². The molecule has 1 aromatic carbocycles. The van der Waals surface area contributed by atoms with Gasteiger partial charge in [-0.1, -0.05) is 32.4 Å². The van der Waals surface area contributed by atoms with Crippen LogP contribution >= 0.6 is 0 Å². The molecule has 1 aliphatic heterocycles. The van der Waals surface area contributed by atoms with Crippen molar-refractivity contribution in [2.24, 2.45) is 0 Å². The van der Waals surface area contributed by atoms with Gasteiger partial charge in [0.1, 0.15) is 23.2 Å². The zero-order valence-electron chi connectivity index (χ0n) is 21.8. The molecule has 10 heteroatoms. The number of methoxy groups -OCH3 is 1. The topological polar surface area (TPSA) is 97.5 Å². The Morgan fingerprint density at radius 2 is 2.05 bits per heavy atom. The second-order valence-corrected chi connectivity index (χ2v) is 9.46. The minimum absolute atomic E-state index is 0.0699. The molecule has 3 aromatic rings. The van der Waals surface area contributed by atoms with Crippen LogP contribution in [0.4, 0.5) is 8.78 Å². The van der Waals surface area contributed by atoms with Crippen molar-refractivity contribution >= 4 is 5.91 Å². The molecule has 1 unspecified atom stereocenters. The molecule has 0 spiro atoms. The number of halogens is 2. The van der Waals surface area contributed by atoms with Crippen molar-refractivity contribution in [3.8, 4) is 11.6 Å². The molecule has 1 saturated heterocycles. The Morgan fingerprint density at radius 3 is 2.74 bits per heavy atom. The monoisotopic (exact) mass is 526 g/mol. The number of ether oxygens (including phenoxy) is 1. The Bertz CT molecular complexity index is 1380. The molecular formula is C28H32F2N4O4. The van der Waals surface area contributed by atoms with E-state index in [4.69, 9.17) is 4.74 Å². The Kier molecular flexibility index (Phi) is 8.38. The molecule has 2 atom stereocenters. The Morgan fingerprint density at radius 1 is 1.26 bits per heavy atom. The Balaban J connectivity index is 1.73. The van der Waals surface area contributed by atoms with Gasteiger partial charge in [-0.2, -0.15) is 4.98 Å². The van der Waals surface area contributed by atoms with E-state index in [0.29, 0.717) is 30.8 Å². The van der Waals surface area contributed by atoms with Crippen LogP contribution in [0.5, 0.6) is 11.6 Å². The van der Waals surface area contributed by atoms with Crippen LogP contribution in [0, 0.1) is 11.6 Å². The number of amides is 1. The number of carbonyl (C=O) groups excluding carboxylic acids is 1. The molecule has 0 saturated carbocycles. The van der Waals surface area contributed by atoms with Gasteiger partial charge < -0.3 is 14.7 Å². The van der Waals surface area contributed by atoms with E-state index in [1.807, 2.05) is 38.1 Å². The standard InChI is InChI=1S/C28H32F2N4O4/c1-4-6-10-23-32-26(35)24(28(37)34(23)22(5-2)17-8-7-9-20(13-17)38-3)27(36)33-12-11-18(16-33)25-21(30)14-19(29)15-31-25/h7-9,13-15,18,22,37H,4-6,10-12,16H2,1-3H3/t18?,22-/m1/s1. The summed E-state index contributed by atoms with van der Waals surface area (Å²) >= 11 is 0. The second-order valence-electron chi connectivity index (χ2n) is 9.46. The molecule has 1 amide bonds. The lowest BCUT2D eigenvalue weighted by atomic mass is 10.0. The van der Waals surface area contributed by atoms with E-state index in [1.54, 1.807) is 11.7 Å². The number of aromatic hydroxyl groups is 1. The minimum atomic E-state index is -0.801. The van der Waals surface area contributed by atoms with E-state index >= 15 is 0 Å². The second kappa shape index (κ2) is 11.7. The number of pyridine rings is 1. The van der Waals surface area contributed by atoms with Crippen LogP contribution in [-0.2, 0) is 6.42 Å². The number of nitrogens with zero attached hydrogens (tertiary/aromatic N) is 4. The number of unbranched alkanes of at least 4 members (excludes halogenated alkanes) is 1. The average molecular weight is 527 g/mol. The van der Waals surface area contributed by atoms with E-state index in [2.05, 4.69) is 9.97 Å². The zero-order valence-corrected chi connectivity index (χ0v) is 21.8. The fourth-order valence-electron chi connectivity index (χ4n) is 5.06. The Hall–Kier alpha value is -3.82. The van der Waals surface area contributed by atoms with Crippen molar-refractivity contribution in [3.05, 3.63) is 81.2 Å². The van der Waals surface area contributed by atoms with Crippen LogP contribution in [0.1, 0.15) is 78.9 Å². The largest absolute Gasteiger partial charge is 0.497 e. The first kappa shape index (κ1) is 27.2. The fraction of sp³-hybridized carbons (Fsp3) is 0.429. The van der Waals surface area contributed by atoms with E-state index in [1.165, 1.54) is 4.90 Å². The predicted octanol–water partition coefficient (Wildman–Crippen LogP) is 4.60. The number of aromatic nitrogens is 3. The third-order valence-corrected chi connectivity index (χ3v) is 7.02. The van der Waals surface area contributed by atoms with Crippen LogP contribution in [0.2, 0.25) is 0 Å². The SMILES string of the molecule is CCCCc1nc(=O)c(C(=O)N2CCC(c3ncc(F)cc3F)C2)c(O)n1[C@H](CC)c1cccc(OC)c1. The van der Waals surface area contributed by atoms with Crippen LogP contribution in [0.15, 0.2) is 41.3 Å². The van der Waals surface area contributed by atoms with Gasteiger partial charge in [-0.15, -0.1) is 0 Å². The molecule has 202 valence electrons. The number of carbonyl (C=O) groups is 1. The maximum absolute atomic E-state index is 14.3. The summed E-state index contributed by atoms with van der Waals surface area (Å²) in [7, 11) is 1.57. The highest BCUT2D eigenvalue weighted by Gasteiger charge is 2.35. The van der Waals surface area contributed by atoms with E-state index in [-0.39, 0.29) is 18.8 Å². The third-order valence-electron chi connectivity index (χ3n) is 7.02. The molecule has 8 nitrogen and oxygen atoms in total. The molecular weight excluding hydrogens is 494 g/mol. The Labute approximate surface area is 219 Å². The van der Waals surface area contributed by atoms with Crippen molar-refractivity contribution in [3.63, 3.8) is 0 Å². The normalized spacial score (nSPS) is 16.0. The number of likely N-dealkylation sites (tertiary alicyclic amines) is 1. The van der Waals surface area contributed by atoms with Crippen molar-refractivity contribution in [1.29, 1.82) is 0 Å². The lowest BCUT2D eigenvalue weighted by molar-refractivity contribution is 0.0783.